The molecule has 4 saturated heterocycles. The first-order valence-corrected chi connectivity index (χ1v) is 17.4. The minimum Gasteiger partial charge on any atom is -0.393 e. The Morgan fingerprint density at radius 2 is 1.19 bits per heavy atom. The molecule has 0 bridgehead atoms. The van der Waals surface area contributed by atoms with Gasteiger partial charge in [0.05, 0.1) is 31.2 Å². The van der Waals surface area contributed by atoms with Crippen LogP contribution in [0.5, 0.6) is 0 Å². The van der Waals surface area contributed by atoms with E-state index in [9.17, 15) is 10.2 Å². The summed E-state index contributed by atoms with van der Waals surface area (Å²) in [4.78, 5) is 31.9. The molecule has 0 amide bonds. The number of hydrogen-bond donors (Lipinski definition) is 3. The van der Waals surface area contributed by atoms with E-state index in [1.807, 2.05) is 55.8 Å². The summed E-state index contributed by atoms with van der Waals surface area (Å²) >= 11 is 0. The molecule has 4 N–H and O–H groups in total. The van der Waals surface area contributed by atoms with Gasteiger partial charge in [0.15, 0.2) is 52.5 Å². The Balaban J connectivity index is 0.000000140. The SMILES string of the molecule is CC1(C)O[C@H]2[C@H](n3cnc4c(N)ncnc43)OC3(CC(O)C3)[C@H]2O1.CN(C)C=Nc1ncnc2c1ncn2[C@@H]1OC2(CC(O)C2)[C@H]2OC(C)(C)O[C@@H]12. The van der Waals surface area contributed by atoms with Crippen LogP contribution in [0.2, 0.25) is 0 Å². The van der Waals surface area contributed by atoms with Gasteiger partial charge in [0, 0.05) is 39.8 Å². The van der Waals surface area contributed by atoms with Gasteiger partial charge in [-0.3, -0.25) is 9.13 Å². The molecule has 278 valence electrons. The highest BCUT2D eigenvalue weighted by molar-refractivity contribution is 5.83. The first-order chi connectivity index (χ1) is 24.7. The Bertz CT molecular complexity index is 2040. The molecule has 2 spiro atoms. The monoisotopic (exact) mass is 721 g/mol. The van der Waals surface area contributed by atoms with Crippen molar-refractivity contribution in [2.45, 2.75) is 125 Å². The Kier molecular flexibility index (Phi) is 7.50. The van der Waals surface area contributed by atoms with E-state index < -0.39 is 35.2 Å². The van der Waals surface area contributed by atoms with Crippen molar-refractivity contribution >= 4 is 40.3 Å². The molecule has 19 nitrogen and oxygen atoms in total. The summed E-state index contributed by atoms with van der Waals surface area (Å²) in [5, 5.41) is 19.7. The lowest BCUT2D eigenvalue weighted by molar-refractivity contribution is -0.251. The van der Waals surface area contributed by atoms with Crippen LogP contribution < -0.4 is 5.73 Å². The van der Waals surface area contributed by atoms with Crippen molar-refractivity contribution in [2.24, 2.45) is 4.99 Å². The zero-order valence-corrected chi connectivity index (χ0v) is 29.7. The van der Waals surface area contributed by atoms with E-state index in [4.69, 9.17) is 34.2 Å². The minimum absolute atomic E-state index is 0.238. The molecule has 52 heavy (non-hydrogen) atoms. The molecule has 4 aromatic rings. The molecule has 2 saturated carbocycles. The van der Waals surface area contributed by atoms with Crippen molar-refractivity contribution in [3.05, 3.63) is 25.3 Å². The van der Waals surface area contributed by atoms with Crippen LogP contribution in [0.15, 0.2) is 30.3 Å². The molecule has 4 aromatic heterocycles. The zero-order valence-electron chi connectivity index (χ0n) is 29.7. The minimum atomic E-state index is -0.711. The Hall–Kier alpha value is -3.95. The van der Waals surface area contributed by atoms with Crippen LogP contribution in [-0.2, 0) is 28.4 Å². The molecule has 4 aliphatic heterocycles. The molecular formula is C33H43N11O8. The van der Waals surface area contributed by atoms with E-state index in [0.29, 0.717) is 59.6 Å². The summed E-state index contributed by atoms with van der Waals surface area (Å²) in [6.07, 6.45) is 7.25. The number of hydrogen-bond acceptors (Lipinski definition) is 16. The van der Waals surface area contributed by atoms with Gasteiger partial charge < -0.3 is 49.3 Å². The molecule has 6 fully saturated rings. The molecular weight excluding hydrogens is 678 g/mol. The number of aliphatic hydroxyl groups is 2. The normalized spacial score (nSPS) is 38.1. The van der Waals surface area contributed by atoms with Crippen molar-refractivity contribution in [1.82, 2.24) is 43.9 Å². The quantitative estimate of drug-likeness (QED) is 0.200. The highest BCUT2D eigenvalue weighted by Gasteiger charge is 2.68. The van der Waals surface area contributed by atoms with Gasteiger partial charge in [0.25, 0.3) is 0 Å². The summed E-state index contributed by atoms with van der Waals surface area (Å²) in [5.74, 6) is -0.595. The Labute approximate surface area is 298 Å². The molecule has 2 aliphatic carbocycles. The zero-order chi connectivity index (χ0) is 36.4. The standard InChI is InChI=1S/C18H24N6O4.C15H19N5O4/c1-17(2)26-12-13(27-17)18(5-10(25)6-18)28-16(12)24-9-21-11-14(22-8-23(3)4)19-7-20-15(11)24;1-14(2)22-9-10(23-14)15(3-7(21)4-15)24-13(9)20-6-19-8-11(16)17-5-18-12(8)20/h7-10,12-13,16,25H,5-6H2,1-4H3;5-7,9-10,13,21H,3-4H2,1-2H3,(H2,16,17,18)/t10?,12-,13+,16-,18?;7?,9-,10+,13-,15?/m11/s1. The lowest BCUT2D eigenvalue weighted by atomic mass is 9.73. The summed E-state index contributed by atoms with van der Waals surface area (Å²) < 4.78 is 40.9. The van der Waals surface area contributed by atoms with Crippen LogP contribution in [0.1, 0.15) is 65.8 Å². The second-order valence-corrected chi connectivity index (χ2v) is 15.6. The third-order valence-corrected chi connectivity index (χ3v) is 10.6. The molecule has 19 heteroatoms. The number of rotatable bonds is 4. The lowest BCUT2D eigenvalue weighted by Gasteiger charge is -2.45. The first kappa shape index (κ1) is 33.9. The van der Waals surface area contributed by atoms with Gasteiger partial charge in [-0.05, 0) is 27.7 Å². The number of ether oxygens (including phenoxy) is 6. The first-order valence-electron chi connectivity index (χ1n) is 17.4. The third-order valence-electron chi connectivity index (χ3n) is 10.6. The number of nitrogens with two attached hydrogens (primary N) is 1. The molecule has 8 heterocycles. The molecule has 0 radical (unpaired) electrons. The van der Waals surface area contributed by atoms with Gasteiger partial charge in [0.1, 0.15) is 53.8 Å². The number of aliphatic imine (C=N–C) groups is 1. The predicted octanol–water partition coefficient (Wildman–Crippen LogP) is 1.34. The van der Waals surface area contributed by atoms with E-state index in [1.54, 1.807) is 19.0 Å². The van der Waals surface area contributed by atoms with Crippen molar-refractivity contribution in [3.63, 3.8) is 0 Å². The largest absolute Gasteiger partial charge is 0.393 e. The molecule has 6 aliphatic rings. The maximum atomic E-state index is 9.92. The Morgan fingerprint density at radius 1 is 0.712 bits per heavy atom. The summed E-state index contributed by atoms with van der Waals surface area (Å²) in [7, 11) is 3.78. The van der Waals surface area contributed by atoms with E-state index in [1.165, 1.54) is 12.7 Å². The summed E-state index contributed by atoms with van der Waals surface area (Å²) in [5.41, 5.74) is 7.13. The number of nitrogens with zero attached hydrogens (tertiary/aromatic N) is 10. The van der Waals surface area contributed by atoms with Crippen molar-refractivity contribution in [1.29, 1.82) is 0 Å². The molecule has 0 aromatic carbocycles. The fourth-order valence-corrected chi connectivity index (χ4v) is 8.47. The lowest BCUT2D eigenvalue weighted by Crippen LogP contribution is -2.55. The topological polar surface area (TPSA) is 225 Å². The average molecular weight is 722 g/mol. The van der Waals surface area contributed by atoms with Crippen LogP contribution in [0.25, 0.3) is 22.3 Å². The van der Waals surface area contributed by atoms with Gasteiger partial charge in [-0.15, -0.1) is 0 Å². The van der Waals surface area contributed by atoms with E-state index in [-0.39, 0.29) is 36.6 Å². The number of aromatic nitrogens is 8. The van der Waals surface area contributed by atoms with Gasteiger partial charge in [-0.25, -0.2) is 34.9 Å². The van der Waals surface area contributed by atoms with Crippen molar-refractivity contribution in [2.75, 3.05) is 19.8 Å². The summed E-state index contributed by atoms with van der Waals surface area (Å²) in [6, 6.07) is 0. The maximum Gasteiger partial charge on any atom is 0.184 e. The number of aliphatic hydroxyl groups excluding tert-OH is 2. The van der Waals surface area contributed by atoms with Crippen molar-refractivity contribution < 1.29 is 38.6 Å². The van der Waals surface area contributed by atoms with Crippen LogP contribution in [0.3, 0.4) is 0 Å². The third kappa shape index (κ3) is 5.28. The van der Waals surface area contributed by atoms with Crippen LogP contribution in [0, 0.1) is 0 Å². The smallest absolute Gasteiger partial charge is 0.184 e. The van der Waals surface area contributed by atoms with Crippen LogP contribution in [0.4, 0.5) is 11.6 Å². The van der Waals surface area contributed by atoms with Gasteiger partial charge in [-0.1, -0.05) is 0 Å². The van der Waals surface area contributed by atoms with E-state index >= 15 is 0 Å². The fourth-order valence-electron chi connectivity index (χ4n) is 8.47. The highest BCUT2D eigenvalue weighted by atomic mass is 16.8. The van der Waals surface area contributed by atoms with Gasteiger partial charge in [0.2, 0.25) is 0 Å². The van der Waals surface area contributed by atoms with E-state index in [0.717, 1.165) is 0 Å². The van der Waals surface area contributed by atoms with Crippen LogP contribution >= 0.6 is 0 Å². The highest BCUT2D eigenvalue weighted by Crippen LogP contribution is 2.57. The molecule has 6 atom stereocenters. The number of fused-ring (bicyclic) bond motifs is 6. The molecule has 0 unspecified atom stereocenters. The van der Waals surface area contributed by atoms with Gasteiger partial charge >= 0.3 is 0 Å². The second-order valence-electron chi connectivity index (χ2n) is 15.6. The summed E-state index contributed by atoms with van der Waals surface area (Å²) in [6.45, 7) is 7.57. The number of anilines is 1. The van der Waals surface area contributed by atoms with Crippen LogP contribution in [-0.4, -0.2) is 134 Å². The Morgan fingerprint density at radius 3 is 1.69 bits per heavy atom. The van der Waals surface area contributed by atoms with Crippen molar-refractivity contribution in [3.8, 4) is 0 Å². The average Bonchev–Trinajstić information content (AvgIpc) is 3.88. The molecule has 10 rings (SSSR count). The van der Waals surface area contributed by atoms with E-state index in [2.05, 4.69) is 34.9 Å². The fraction of sp³-hybridized carbons (Fsp3) is 0.667. The number of nitrogen functional groups attached to an aromatic ring is 1. The number of imidazole rings is 2. The maximum absolute atomic E-state index is 9.92. The predicted molar refractivity (Wildman–Crippen MR) is 181 cm³/mol. The second kappa shape index (κ2) is 11.5. The van der Waals surface area contributed by atoms with Gasteiger partial charge in [-0.2, -0.15) is 0 Å².